The molecule has 0 aliphatic carbocycles. The molecule has 11 heavy (non-hydrogen) atoms. The molecule has 0 fully saturated rings. The standard InChI is InChI=1S/C4H6N2S.CHCl3/c1-4-2-5-6(7)3-4;2-1(3)4/h2-3,7H,1H3;1H. The van der Waals surface area contributed by atoms with Gasteiger partial charge in [0.1, 0.15) is 0 Å². The van der Waals surface area contributed by atoms with E-state index in [4.69, 9.17) is 34.8 Å². The highest BCUT2D eigenvalue weighted by molar-refractivity contribution is 7.78. The Morgan fingerprint density at radius 1 is 1.55 bits per heavy atom. The van der Waals surface area contributed by atoms with Gasteiger partial charge in [0.2, 0.25) is 0 Å². The minimum absolute atomic E-state index is 0.750. The fourth-order valence-electron chi connectivity index (χ4n) is 0.399. The lowest BCUT2D eigenvalue weighted by atomic mass is 10.4. The fourth-order valence-corrected chi connectivity index (χ4v) is 0.633. The van der Waals surface area contributed by atoms with Crippen molar-refractivity contribution in [3.63, 3.8) is 0 Å². The molecule has 1 rings (SSSR count). The summed E-state index contributed by atoms with van der Waals surface area (Å²) in [5, 5.41) is 3.80. The van der Waals surface area contributed by atoms with Crippen molar-refractivity contribution in [1.29, 1.82) is 0 Å². The molecule has 0 aromatic carbocycles. The lowest BCUT2D eigenvalue weighted by Crippen LogP contribution is -1.74. The second kappa shape index (κ2) is 6.00. The molecule has 64 valence electrons. The first-order chi connectivity index (χ1) is 5.02. The molecule has 2 nitrogen and oxygen atoms in total. The largest absolute Gasteiger partial charge is 0.217 e. The molecule has 0 bridgehead atoms. The van der Waals surface area contributed by atoms with Gasteiger partial charge in [0.25, 0.3) is 0 Å². The van der Waals surface area contributed by atoms with Gasteiger partial charge in [-0.1, -0.05) is 34.8 Å². The van der Waals surface area contributed by atoms with E-state index in [1.54, 1.807) is 6.20 Å². The monoisotopic (exact) mass is 232 g/mol. The Kier molecular flexibility index (Phi) is 6.24. The summed E-state index contributed by atoms with van der Waals surface area (Å²) in [6, 6.07) is 0. The van der Waals surface area contributed by atoms with Gasteiger partial charge >= 0.3 is 0 Å². The van der Waals surface area contributed by atoms with Crippen LogP contribution in [0.3, 0.4) is 0 Å². The molecule has 6 heteroatoms. The van der Waals surface area contributed by atoms with E-state index in [2.05, 4.69) is 17.9 Å². The Balaban J connectivity index is 0.000000218. The maximum Gasteiger partial charge on any atom is 0.180 e. The molecule has 0 saturated carbocycles. The van der Waals surface area contributed by atoms with E-state index < -0.39 is 4.30 Å². The van der Waals surface area contributed by atoms with E-state index in [0.29, 0.717) is 0 Å². The molecule has 1 aromatic heterocycles. The van der Waals surface area contributed by atoms with Crippen molar-refractivity contribution in [1.82, 2.24) is 9.19 Å². The lowest BCUT2D eigenvalue weighted by Gasteiger charge is -1.76. The van der Waals surface area contributed by atoms with Crippen LogP contribution in [0.25, 0.3) is 0 Å². The van der Waals surface area contributed by atoms with Crippen LogP contribution in [-0.4, -0.2) is 13.5 Å². The Labute approximate surface area is 86.0 Å². The van der Waals surface area contributed by atoms with Crippen LogP contribution in [0, 0.1) is 6.92 Å². The topological polar surface area (TPSA) is 17.8 Å². The maximum atomic E-state index is 4.81. The number of hydrogen-bond acceptors (Lipinski definition) is 2. The summed E-state index contributed by atoms with van der Waals surface area (Å²) in [4.78, 5) is 0. The van der Waals surface area contributed by atoms with Crippen molar-refractivity contribution in [3.05, 3.63) is 18.0 Å². The molecule has 0 N–H and O–H groups in total. The zero-order chi connectivity index (χ0) is 8.85. The number of halogens is 3. The zero-order valence-electron chi connectivity index (χ0n) is 5.71. The van der Waals surface area contributed by atoms with Gasteiger partial charge in [0.05, 0.1) is 6.20 Å². The Bertz CT molecular complexity index is 182. The van der Waals surface area contributed by atoms with E-state index in [1.165, 1.54) is 4.09 Å². The van der Waals surface area contributed by atoms with Gasteiger partial charge < -0.3 is 0 Å². The number of aromatic nitrogens is 2. The predicted octanol–water partition coefficient (Wildman–Crippen LogP) is 2.87. The number of nitrogens with zero attached hydrogens (tertiary/aromatic N) is 2. The Morgan fingerprint density at radius 3 is 2.09 bits per heavy atom. The first-order valence-electron chi connectivity index (χ1n) is 2.65. The van der Waals surface area contributed by atoms with Crippen LogP contribution >= 0.6 is 47.6 Å². The van der Waals surface area contributed by atoms with Gasteiger partial charge in [-0.2, -0.15) is 5.10 Å². The van der Waals surface area contributed by atoms with Crippen LogP contribution in [0.5, 0.6) is 0 Å². The van der Waals surface area contributed by atoms with Gasteiger partial charge in [-0.05, 0) is 25.3 Å². The van der Waals surface area contributed by atoms with Crippen LogP contribution in [0.2, 0.25) is 0 Å². The minimum atomic E-state index is -0.750. The van der Waals surface area contributed by atoms with Crippen molar-refractivity contribution in [2.24, 2.45) is 0 Å². The third-order valence-corrected chi connectivity index (χ3v) is 0.918. The average Bonchev–Trinajstić information content (AvgIpc) is 2.13. The summed E-state index contributed by atoms with van der Waals surface area (Å²) in [6.45, 7) is 1.97. The summed E-state index contributed by atoms with van der Waals surface area (Å²) in [5.41, 5.74) is 1.13. The van der Waals surface area contributed by atoms with Crippen molar-refractivity contribution in [3.8, 4) is 0 Å². The third kappa shape index (κ3) is 8.34. The first-order valence-corrected chi connectivity index (χ1v) is 4.36. The molecule has 0 aliphatic rings. The summed E-state index contributed by atoms with van der Waals surface area (Å²) in [5.74, 6) is 0. The average molecular weight is 234 g/mol. The SMILES string of the molecule is Cc1cnn(S)c1.ClC(Cl)Cl. The van der Waals surface area contributed by atoms with E-state index in [0.717, 1.165) is 5.56 Å². The number of rotatable bonds is 0. The van der Waals surface area contributed by atoms with Crippen LogP contribution < -0.4 is 0 Å². The Hall–Kier alpha value is 0.430. The van der Waals surface area contributed by atoms with Crippen LogP contribution in [0.15, 0.2) is 12.4 Å². The predicted molar refractivity (Wildman–Crippen MR) is 52.7 cm³/mol. The van der Waals surface area contributed by atoms with Crippen LogP contribution in [0.1, 0.15) is 5.56 Å². The minimum Gasteiger partial charge on any atom is -0.217 e. The van der Waals surface area contributed by atoms with Crippen LogP contribution in [0.4, 0.5) is 0 Å². The number of alkyl halides is 3. The molecule has 0 amide bonds. The molecule has 0 aliphatic heterocycles. The van der Waals surface area contributed by atoms with Gasteiger partial charge in [0.15, 0.2) is 4.30 Å². The molecule has 1 aromatic rings. The summed E-state index contributed by atoms with van der Waals surface area (Å²) >= 11 is 18.3. The lowest BCUT2D eigenvalue weighted by molar-refractivity contribution is 1.02. The smallest absolute Gasteiger partial charge is 0.180 e. The molecular weight excluding hydrogens is 226 g/mol. The van der Waals surface area contributed by atoms with Crippen molar-refractivity contribution < 1.29 is 0 Å². The quantitative estimate of drug-likeness (QED) is 0.539. The summed E-state index contributed by atoms with van der Waals surface area (Å²) < 4.78 is 0.731. The maximum absolute atomic E-state index is 4.81. The molecule has 0 atom stereocenters. The van der Waals surface area contributed by atoms with E-state index in [1.807, 2.05) is 13.1 Å². The van der Waals surface area contributed by atoms with Crippen molar-refractivity contribution in [2.45, 2.75) is 11.2 Å². The fraction of sp³-hybridized carbons (Fsp3) is 0.400. The zero-order valence-corrected chi connectivity index (χ0v) is 8.87. The second-order valence-electron chi connectivity index (χ2n) is 1.69. The van der Waals surface area contributed by atoms with Crippen LogP contribution in [-0.2, 0) is 0 Å². The highest BCUT2D eigenvalue weighted by atomic mass is 35.6. The number of aryl methyl sites for hydroxylation is 1. The van der Waals surface area contributed by atoms with E-state index in [9.17, 15) is 0 Å². The normalized spacial score (nSPS) is 9.27. The van der Waals surface area contributed by atoms with E-state index >= 15 is 0 Å². The van der Waals surface area contributed by atoms with Gasteiger partial charge in [-0.15, -0.1) is 0 Å². The van der Waals surface area contributed by atoms with Gasteiger partial charge in [-0.3, -0.25) is 0 Å². The van der Waals surface area contributed by atoms with Crippen molar-refractivity contribution in [2.75, 3.05) is 0 Å². The molecule has 0 radical (unpaired) electrons. The van der Waals surface area contributed by atoms with E-state index in [-0.39, 0.29) is 0 Å². The highest BCUT2D eigenvalue weighted by Gasteiger charge is 1.82. The molecule has 1 heterocycles. The molecular formula is C5H7Cl3N2S. The van der Waals surface area contributed by atoms with Gasteiger partial charge in [0, 0.05) is 6.20 Å². The third-order valence-electron chi connectivity index (χ3n) is 0.699. The number of hydrogen-bond donors (Lipinski definition) is 1. The number of thiol groups is 1. The molecule has 0 unspecified atom stereocenters. The summed E-state index contributed by atoms with van der Waals surface area (Å²) in [6.07, 6.45) is 3.59. The highest BCUT2D eigenvalue weighted by Crippen LogP contribution is 2.03. The Morgan fingerprint density at radius 2 is 2.00 bits per heavy atom. The van der Waals surface area contributed by atoms with Gasteiger partial charge in [-0.25, -0.2) is 4.09 Å². The molecule has 0 spiro atoms. The first kappa shape index (κ1) is 11.4. The second-order valence-corrected chi connectivity index (χ2v) is 4.07. The molecule has 0 saturated heterocycles. The van der Waals surface area contributed by atoms with Crippen molar-refractivity contribution >= 4 is 47.6 Å². The summed E-state index contributed by atoms with van der Waals surface area (Å²) in [7, 11) is 0.